The molecule has 0 unspecified atom stereocenters. The van der Waals surface area contributed by atoms with Gasteiger partial charge in [0.25, 0.3) is 11.8 Å². The predicted octanol–water partition coefficient (Wildman–Crippen LogP) is 2.50. The standard InChI is InChI=1S/C18H23N3O4/c1-12(2)9-14-10-15(20-25-14)17(22)19-13-5-3-7-21(11-13)18(23)16-6-4-8-24-16/h4,6,8,10,12-13H,3,5,7,9,11H2,1-2H3,(H,19,22)/t13-/m0/s1. The van der Waals surface area contributed by atoms with Crippen LogP contribution in [0.3, 0.4) is 0 Å². The Bertz CT molecular complexity index is 721. The Hall–Kier alpha value is -2.57. The van der Waals surface area contributed by atoms with Crippen LogP contribution >= 0.6 is 0 Å². The Morgan fingerprint density at radius 1 is 1.44 bits per heavy atom. The van der Waals surface area contributed by atoms with Crippen LogP contribution in [0.15, 0.2) is 33.4 Å². The van der Waals surface area contributed by atoms with E-state index in [1.54, 1.807) is 23.1 Å². The van der Waals surface area contributed by atoms with Gasteiger partial charge < -0.3 is 19.2 Å². The molecule has 0 saturated carbocycles. The number of nitrogens with zero attached hydrogens (tertiary/aromatic N) is 2. The lowest BCUT2D eigenvalue weighted by Crippen LogP contribution is -2.49. The van der Waals surface area contributed by atoms with Crippen LogP contribution in [0.5, 0.6) is 0 Å². The van der Waals surface area contributed by atoms with Gasteiger partial charge in [0, 0.05) is 31.6 Å². The van der Waals surface area contributed by atoms with E-state index in [2.05, 4.69) is 24.3 Å². The minimum atomic E-state index is -0.268. The van der Waals surface area contributed by atoms with Crippen molar-refractivity contribution in [3.8, 4) is 0 Å². The number of hydrogen-bond donors (Lipinski definition) is 1. The number of rotatable bonds is 5. The molecule has 0 aromatic carbocycles. The van der Waals surface area contributed by atoms with Gasteiger partial charge in [0.2, 0.25) is 0 Å². The fourth-order valence-electron chi connectivity index (χ4n) is 3.01. The van der Waals surface area contributed by atoms with Crippen LogP contribution in [-0.2, 0) is 6.42 Å². The van der Waals surface area contributed by atoms with Crippen LogP contribution in [-0.4, -0.2) is 41.0 Å². The van der Waals surface area contributed by atoms with Gasteiger partial charge in [-0.3, -0.25) is 9.59 Å². The molecule has 1 atom stereocenters. The maximum absolute atomic E-state index is 12.4. The molecule has 1 saturated heterocycles. The lowest BCUT2D eigenvalue weighted by molar-refractivity contribution is 0.0646. The zero-order valence-electron chi connectivity index (χ0n) is 14.5. The summed E-state index contributed by atoms with van der Waals surface area (Å²) in [7, 11) is 0. The summed E-state index contributed by atoms with van der Waals surface area (Å²) in [4.78, 5) is 26.4. The summed E-state index contributed by atoms with van der Waals surface area (Å²) in [6.07, 6.45) is 3.88. The molecular weight excluding hydrogens is 322 g/mol. The molecule has 0 radical (unpaired) electrons. The molecule has 0 spiro atoms. The summed E-state index contributed by atoms with van der Waals surface area (Å²) < 4.78 is 10.4. The van der Waals surface area contributed by atoms with E-state index in [4.69, 9.17) is 8.94 Å². The molecule has 7 heteroatoms. The summed E-state index contributed by atoms with van der Waals surface area (Å²) in [5, 5.41) is 6.79. The summed E-state index contributed by atoms with van der Waals surface area (Å²) >= 11 is 0. The van der Waals surface area contributed by atoms with E-state index < -0.39 is 0 Å². The van der Waals surface area contributed by atoms with E-state index in [1.165, 1.54) is 6.26 Å². The number of likely N-dealkylation sites (tertiary alicyclic amines) is 1. The molecule has 3 heterocycles. The van der Waals surface area contributed by atoms with Crippen molar-refractivity contribution in [2.45, 2.75) is 39.2 Å². The van der Waals surface area contributed by atoms with E-state index >= 15 is 0 Å². The smallest absolute Gasteiger partial charge is 0.289 e. The van der Waals surface area contributed by atoms with Crippen LogP contribution in [0, 0.1) is 5.92 Å². The van der Waals surface area contributed by atoms with E-state index in [-0.39, 0.29) is 23.6 Å². The molecule has 0 aliphatic carbocycles. The maximum atomic E-state index is 12.4. The summed E-state index contributed by atoms with van der Waals surface area (Å²) in [6, 6.07) is 4.92. The van der Waals surface area contributed by atoms with Crippen molar-refractivity contribution in [3.05, 3.63) is 41.7 Å². The van der Waals surface area contributed by atoms with E-state index in [0.717, 1.165) is 19.3 Å². The van der Waals surface area contributed by atoms with Gasteiger partial charge in [0.15, 0.2) is 11.5 Å². The Labute approximate surface area is 146 Å². The third-order valence-electron chi connectivity index (χ3n) is 4.18. The first kappa shape index (κ1) is 17.3. The fraction of sp³-hybridized carbons (Fsp3) is 0.500. The number of hydrogen-bond acceptors (Lipinski definition) is 5. The highest BCUT2D eigenvalue weighted by molar-refractivity contribution is 5.93. The molecule has 7 nitrogen and oxygen atoms in total. The summed E-state index contributed by atoms with van der Waals surface area (Å²) in [5.41, 5.74) is 0.283. The van der Waals surface area contributed by atoms with E-state index in [9.17, 15) is 9.59 Å². The van der Waals surface area contributed by atoms with Crippen LogP contribution in [0.1, 0.15) is 53.5 Å². The van der Waals surface area contributed by atoms with Crippen molar-refractivity contribution < 1.29 is 18.5 Å². The molecular formula is C18H23N3O4. The average molecular weight is 345 g/mol. The van der Waals surface area contributed by atoms with Crippen molar-refractivity contribution >= 4 is 11.8 Å². The van der Waals surface area contributed by atoms with Gasteiger partial charge in [0.05, 0.1) is 6.26 Å². The first-order chi connectivity index (χ1) is 12.0. The minimum absolute atomic E-state index is 0.106. The second-order valence-corrected chi connectivity index (χ2v) is 6.82. The molecule has 3 rings (SSSR count). The number of amides is 2. The largest absolute Gasteiger partial charge is 0.459 e. The minimum Gasteiger partial charge on any atom is -0.459 e. The molecule has 1 N–H and O–H groups in total. The zero-order valence-corrected chi connectivity index (χ0v) is 14.5. The van der Waals surface area contributed by atoms with Crippen molar-refractivity contribution in [1.29, 1.82) is 0 Å². The Morgan fingerprint density at radius 2 is 2.28 bits per heavy atom. The Morgan fingerprint density at radius 3 is 3.00 bits per heavy atom. The summed E-state index contributed by atoms with van der Waals surface area (Å²) in [6.45, 7) is 5.28. The molecule has 2 amide bonds. The van der Waals surface area contributed by atoms with Crippen molar-refractivity contribution in [3.63, 3.8) is 0 Å². The number of furan rings is 1. The monoisotopic (exact) mass is 345 g/mol. The lowest BCUT2D eigenvalue weighted by atomic mass is 10.0. The molecule has 2 aromatic rings. The summed E-state index contributed by atoms with van der Waals surface area (Å²) in [5.74, 6) is 1.05. The second kappa shape index (κ2) is 7.55. The fourth-order valence-corrected chi connectivity index (χ4v) is 3.01. The number of piperidine rings is 1. The van der Waals surface area contributed by atoms with E-state index in [1.807, 2.05) is 0 Å². The number of carbonyl (C=O) groups is 2. The van der Waals surface area contributed by atoms with Crippen molar-refractivity contribution in [1.82, 2.24) is 15.4 Å². The topological polar surface area (TPSA) is 88.6 Å². The lowest BCUT2D eigenvalue weighted by Gasteiger charge is -2.32. The number of nitrogens with one attached hydrogen (secondary N) is 1. The first-order valence-corrected chi connectivity index (χ1v) is 8.62. The van der Waals surface area contributed by atoms with Gasteiger partial charge in [-0.25, -0.2) is 0 Å². The van der Waals surface area contributed by atoms with Crippen LogP contribution in [0.2, 0.25) is 0 Å². The third kappa shape index (κ3) is 4.29. The predicted molar refractivity (Wildman–Crippen MR) is 90.1 cm³/mol. The van der Waals surface area contributed by atoms with Gasteiger partial charge in [-0.2, -0.15) is 0 Å². The molecule has 0 bridgehead atoms. The van der Waals surface area contributed by atoms with Crippen molar-refractivity contribution in [2.24, 2.45) is 5.92 Å². The normalized spacial score (nSPS) is 17.7. The third-order valence-corrected chi connectivity index (χ3v) is 4.18. The number of aromatic nitrogens is 1. The van der Waals surface area contributed by atoms with Crippen LogP contribution < -0.4 is 5.32 Å². The SMILES string of the molecule is CC(C)Cc1cc(C(=O)N[C@H]2CCCN(C(=O)c3ccco3)C2)no1. The Balaban J connectivity index is 1.57. The Kier molecular flexibility index (Phi) is 5.21. The van der Waals surface area contributed by atoms with Gasteiger partial charge >= 0.3 is 0 Å². The zero-order chi connectivity index (χ0) is 17.8. The van der Waals surface area contributed by atoms with Gasteiger partial charge in [-0.1, -0.05) is 19.0 Å². The molecule has 1 fully saturated rings. The van der Waals surface area contributed by atoms with Crippen LogP contribution in [0.4, 0.5) is 0 Å². The molecule has 134 valence electrons. The second-order valence-electron chi connectivity index (χ2n) is 6.82. The number of carbonyl (C=O) groups excluding carboxylic acids is 2. The van der Waals surface area contributed by atoms with Gasteiger partial charge in [-0.15, -0.1) is 0 Å². The average Bonchev–Trinajstić information content (AvgIpc) is 3.25. The highest BCUT2D eigenvalue weighted by Gasteiger charge is 2.27. The van der Waals surface area contributed by atoms with Crippen molar-refractivity contribution in [2.75, 3.05) is 13.1 Å². The molecule has 1 aliphatic rings. The highest BCUT2D eigenvalue weighted by Crippen LogP contribution is 2.15. The van der Waals surface area contributed by atoms with E-state index in [0.29, 0.717) is 30.5 Å². The highest BCUT2D eigenvalue weighted by atomic mass is 16.5. The first-order valence-electron chi connectivity index (χ1n) is 8.62. The molecule has 25 heavy (non-hydrogen) atoms. The van der Waals surface area contributed by atoms with Crippen LogP contribution in [0.25, 0.3) is 0 Å². The molecule has 2 aromatic heterocycles. The van der Waals surface area contributed by atoms with Gasteiger partial charge in [0.1, 0.15) is 5.76 Å². The maximum Gasteiger partial charge on any atom is 0.289 e. The quantitative estimate of drug-likeness (QED) is 0.899. The molecule has 1 aliphatic heterocycles. The van der Waals surface area contributed by atoms with Gasteiger partial charge in [-0.05, 0) is 30.9 Å².